The van der Waals surface area contributed by atoms with Crippen LogP contribution in [0.25, 0.3) is 0 Å². The highest BCUT2D eigenvalue weighted by Crippen LogP contribution is 2.24. The third-order valence-corrected chi connectivity index (χ3v) is 4.13. The average molecular weight is 304 g/mol. The van der Waals surface area contributed by atoms with E-state index in [2.05, 4.69) is 10.1 Å². The van der Waals surface area contributed by atoms with E-state index in [0.717, 1.165) is 16.1 Å². The summed E-state index contributed by atoms with van der Waals surface area (Å²) in [5, 5.41) is 15.1. The average Bonchev–Trinajstić information content (AvgIpc) is 2.47. The lowest BCUT2D eigenvalue weighted by atomic mass is 9.70. The fraction of sp³-hybridized carbons (Fsp3) is 0.0769. The van der Waals surface area contributed by atoms with Crippen molar-refractivity contribution in [2.45, 2.75) is 4.90 Å². The largest absolute Gasteiger partial charge is 0.474 e. The zero-order valence-corrected chi connectivity index (χ0v) is 12.3. The standard InChI is InChI=1S/C13H11BClN3OS/c1-20-11-4-2-3-10(7-11)18-14(19)12-9(8-17-18)5-6-16-13(12)15/h2-8,19H,1H3. The molecular weight excluding hydrogens is 292 g/mol. The van der Waals surface area contributed by atoms with Crippen molar-refractivity contribution < 1.29 is 5.02 Å². The molecule has 0 spiro atoms. The molecule has 1 aliphatic rings. The van der Waals surface area contributed by atoms with Crippen molar-refractivity contribution in [3.05, 3.63) is 47.2 Å². The maximum Gasteiger partial charge on any atom is 0.474 e. The summed E-state index contributed by atoms with van der Waals surface area (Å²) in [4.78, 5) is 6.66. The molecule has 1 aliphatic heterocycles. The van der Waals surface area contributed by atoms with Gasteiger partial charge in [-0.2, -0.15) is 5.10 Å². The van der Waals surface area contributed by atoms with Gasteiger partial charge >= 0.3 is 7.05 Å². The molecule has 0 saturated heterocycles. The molecule has 0 fully saturated rings. The minimum absolute atomic E-state index is 0.298. The van der Waals surface area contributed by atoms with Crippen molar-refractivity contribution in [2.75, 3.05) is 11.2 Å². The van der Waals surface area contributed by atoms with Crippen LogP contribution in [0.15, 0.2) is 46.5 Å². The molecule has 7 heteroatoms. The highest BCUT2D eigenvalue weighted by atomic mass is 35.5. The molecule has 1 N–H and O–H groups in total. The maximum absolute atomic E-state index is 10.5. The van der Waals surface area contributed by atoms with Crippen LogP contribution in [0, 0.1) is 0 Å². The van der Waals surface area contributed by atoms with E-state index in [4.69, 9.17) is 11.6 Å². The van der Waals surface area contributed by atoms with Crippen LogP contribution < -0.4 is 10.4 Å². The number of hydrazone groups is 1. The van der Waals surface area contributed by atoms with Gasteiger partial charge in [0, 0.05) is 22.2 Å². The molecule has 0 unspecified atom stereocenters. The Labute approximate surface area is 126 Å². The van der Waals surface area contributed by atoms with Crippen LogP contribution in [0.4, 0.5) is 5.69 Å². The fourth-order valence-electron chi connectivity index (χ4n) is 2.10. The summed E-state index contributed by atoms with van der Waals surface area (Å²) < 4.78 is 0. The number of hydrogen-bond acceptors (Lipinski definition) is 5. The van der Waals surface area contributed by atoms with Gasteiger partial charge in [0.25, 0.3) is 0 Å². The van der Waals surface area contributed by atoms with E-state index in [-0.39, 0.29) is 0 Å². The molecule has 4 nitrogen and oxygen atoms in total. The van der Waals surface area contributed by atoms with Gasteiger partial charge in [0.15, 0.2) is 0 Å². The Morgan fingerprint density at radius 2 is 2.20 bits per heavy atom. The van der Waals surface area contributed by atoms with E-state index in [1.807, 2.05) is 30.5 Å². The molecule has 0 bridgehead atoms. The van der Waals surface area contributed by atoms with Gasteiger partial charge in [0.1, 0.15) is 5.15 Å². The number of hydrogen-bond donors (Lipinski definition) is 1. The normalized spacial score (nSPS) is 13.6. The second-order valence-electron chi connectivity index (χ2n) is 4.27. The summed E-state index contributed by atoms with van der Waals surface area (Å²) >= 11 is 7.72. The van der Waals surface area contributed by atoms with E-state index >= 15 is 0 Å². The lowest BCUT2D eigenvalue weighted by Gasteiger charge is -2.27. The van der Waals surface area contributed by atoms with Crippen LogP contribution in [0.2, 0.25) is 5.15 Å². The van der Waals surface area contributed by atoms with Crippen LogP contribution in [0.5, 0.6) is 0 Å². The first-order valence-electron chi connectivity index (χ1n) is 6.00. The summed E-state index contributed by atoms with van der Waals surface area (Å²) in [6.45, 7) is 0. The second-order valence-corrected chi connectivity index (χ2v) is 5.51. The molecule has 3 rings (SSSR count). The first-order chi connectivity index (χ1) is 9.70. The highest BCUT2D eigenvalue weighted by Gasteiger charge is 2.32. The molecule has 1 aromatic carbocycles. The maximum atomic E-state index is 10.5. The van der Waals surface area contributed by atoms with Gasteiger partial charge in [-0.25, -0.2) is 4.98 Å². The molecule has 0 saturated carbocycles. The molecule has 0 aliphatic carbocycles. The summed E-state index contributed by atoms with van der Waals surface area (Å²) in [5.74, 6) is 0. The Balaban J connectivity index is 2.03. The van der Waals surface area contributed by atoms with Gasteiger partial charge < -0.3 is 5.02 Å². The number of benzene rings is 1. The monoisotopic (exact) mass is 303 g/mol. The van der Waals surface area contributed by atoms with Crippen molar-refractivity contribution >= 4 is 47.8 Å². The first-order valence-corrected chi connectivity index (χ1v) is 7.60. The van der Waals surface area contributed by atoms with Crippen molar-refractivity contribution in [2.24, 2.45) is 5.10 Å². The number of thioether (sulfide) groups is 1. The van der Waals surface area contributed by atoms with E-state index in [9.17, 15) is 5.02 Å². The van der Waals surface area contributed by atoms with E-state index in [0.29, 0.717) is 10.6 Å². The van der Waals surface area contributed by atoms with Gasteiger partial charge in [0.05, 0.1) is 6.21 Å². The van der Waals surface area contributed by atoms with Gasteiger partial charge in [-0.05, 0) is 36.1 Å². The molecule has 0 amide bonds. The number of fused-ring (bicyclic) bond motifs is 1. The van der Waals surface area contributed by atoms with Crippen LogP contribution in [-0.4, -0.2) is 29.5 Å². The molecular formula is C13H11BClN3OS. The van der Waals surface area contributed by atoms with E-state index in [1.165, 1.54) is 4.92 Å². The summed E-state index contributed by atoms with van der Waals surface area (Å²) in [5.41, 5.74) is 2.18. The number of halogens is 1. The number of pyridine rings is 1. The topological polar surface area (TPSA) is 48.7 Å². The van der Waals surface area contributed by atoms with Crippen molar-refractivity contribution in [1.82, 2.24) is 4.98 Å². The van der Waals surface area contributed by atoms with Gasteiger partial charge in [-0.3, -0.25) is 4.92 Å². The molecule has 2 heterocycles. The first kappa shape index (κ1) is 13.5. The Bertz CT molecular complexity index is 682. The Morgan fingerprint density at radius 1 is 1.35 bits per heavy atom. The van der Waals surface area contributed by atoms with Crippen molar-refractivity contribution in [3.63, 3.8) is 0 Å². The van der Waals surface area contributed by atoms with Crippen LogP contribution in [0.3, 0.4) is 0 Å². The molecule has 1 aromatic heterocycles. The van der Waals surface area contributed by atoms with E-state index in [1.54, 1.807) is 30.2 Å². The van der Waals surface area contributed by atoms with Crippen molar-refractivity contribution in [3.8, 4) is 0 Å². The number of nitrogens with zero attached hydrogens (tertiary/aromatic N) is 3. The summed E-state index contributed by atoms with van der Waals surface area (Å²) in [6.07, 6.45) is 5.29. The SMILES string of the molecule is CSc1cccc(N2N=Cc3ccnc(Cl)c3B2O)c1. The van der Waals surface area contributed by atoms with E-state index < -0.39 is 7.05 Å². The zero-order valence-electron chi connectivity index (χ0n) is 10.7. The fourth-order valence-corrected chi connectivity index (χ4v) is 2.82. The molecule has 20 heavy (non-hydrogen) atoms. The minimum atomic E-state index is -0.937. The van der Waals surface area contributed by atoms with Crippen LogP contribution in [-0.2, 0) is 0 Å². The highest BCUT2D eigenvalue weighted by molar-refractivity contribution is 7.98. The second kappa shape index (κ2) is 5.48. The molecule has 0 radical (unpaired) electrons. The number of rotatable bonds is 2. The predicted octanol–water partition coefficient (Wildman–Crippen LogP) is 2.00. The lowest BCUT2D eigenvalue weighted by molar-refractivity contribution is 0.578. The van der Waals surface area contributed by atoms with Gasteiger partial charge in [-0.1, -0.05) is 17.7 Å². The van der Waals surface area contributed by atoms with Gasteiger partial charge in [-0.15, -0.1) is 11.8 Å². The quantitative estimate of drug-likeness (QED) is 0.524. The van der Waals surface area contributed by atoms with Crippen molar-refractivity contribution in [1.29, 1.82) is 0 Å². The third-order valence-electron chi connectivity index (χ3n) is 3.10. The Kier molecular flexibility index (Phi) is 3.69. The minimum Gasteiger partial charge on any atom is -0.427 e. The lowest BCUT2D eigenvalue weighted by Crippen LogP contribution is -2.51. The predicted molar refractivity (Wildman–Crippen MR) is 85.1 cm³/mol. The zero-order chi connectivity index (χ0) is 14.1. The Morgan fingerprint density at radius 3 is 3.00 bits per heavy atom. The molecule has 100 valence electrons. The summed E-state index contributed by atoms with van der Waals surface area (Å²) in [7, 11) is -0.937. The number of aromatic nitrogens is 1. The Hall–Kier alpha value is -1.50. The smallest absolute Gasteiger partial charge is 0.427 e. The van der Waals surface area contributed by atoms with Crippen LogP contribution >= 0.6 is 23.4 Å². The summed E-state index contributed by atoms with van der Waals surface area (Å²) in [6, 6.07) is 9.60. The van der Waals surface area contributed by atoms with Gasteiger partial charge in [0.2, 0.25) is 0 Å². The van der Waals surface area contributed by atoms with Crippen LogP contribution in [0.1, 0.15) is 5.56 Å². The molecule has 0 atom stereocenters. The third kappa shape index (κ3) is 2.30. The molecule has 2 aromatic rings. The number of anilines is 1.